The highest BCUT2D eigenvalue weighted by molar-refractivity contribution is 5.76. The summed E-state index contributed by atoms with van der Waals surface area (Å²) < 4.78 is 37.6. The number of anilines is 1. The maximum absolute atomic E-state index is 12.5. The van der Waals surface area contributed by atoms with Gasteiger partial charge < -0.3 is 15.5 Å². The summed E-state index contributed by atoms with van der Waals surface area (Å²) >= 11 is 0. The molecule has 1 fully saturated rings. The van der Waals surface area contributed by atoms with Crippen LogP contribution in [-0.2, 0) is 11.0 Å². The summed E-state index contributed by atoms with van der Waals surface area (Å²) in [6, 6.07) is 2.58. The van der Waals surface area contributed by atoms with Gasteiger partial charge in [-0.15, -0.1) is 0 Å². The Bertz CT molecular complexity index is 525. The molecule has 0 spiro atoms. The van der Waals surface area contributed by atoms with Crippen LogP contribution in [0.1, 0.15) is 31.2 Å². The average molecular weight is 344 g/mol. The number of nitrogens with zero attached hydrogens (tertiary/aromatic N) is 2. The van der Waals surface area contributed by atoms with Crippen molar-refractivity contribution in [2.45, 2.75) is 37.9 Å². The lowest BCUT2D eigenvalue weighted by Gasteiger charge is -2.33. The van der Waals surface area contributed by atoms with Gasteiger partial charge in [-0.2, -0.15) is 13.2 Å². The normalized spacial score (nSPS) is 16.2. The van der Waals surface area contributed by atoms with Crippen LogP contribution in [0.2, 0.25) is 0 Å². The van der Waals surface area contributed by atoms with Crippen LogP contribution in [0, 0.1) is 0 Å². The first-order valence-electron chi connectivity index (χ1n) is 8.12. The van der Waals surface area contributed by atoms with E-state index in [1.807, 2.05) is 11.9 Å². The quantitative estimate of drug-likeness (QED) is 0.777. The molecule has 0 atom stereocenters. The van der Waals surface area contributed by atoms with Crippen molar-refractivity contribution in [2.24, 2.45) is 0 Å². The largest absolute Gasteiger partial charge is 0.417 e. The zero-order valence-corrected chi connectivity index (χ0v) is 13.7. The second kappa shape index (κ2) is 8.32. The van der Waals surface area contributed by atoms with E-state index in [2.05, 4.69) is 15.6 Å². The van der Waals surface area contributed by atoms with Gasteiger partial charge in [-0.05, 0) is 45.0 Å². The highest BCUT2D eigenvalue weighted by atomic mass is 19.4. The van der Waals surface area contributed by atoms with Crippen LogP contribution in [0.15, 0.2) is 18.3 Å². The maximum atomic E-state index is 12.5. The fraction of sp³-hybridized carbons (Fsp3) is 0.625. The topological polar surface area (TPSA) is 57.3 Å². The highest BCUT2D eigenvalue weighted by Crippen LogP contribution is 2.29. The number of hydrogen-bond donors (Lipinski definition) is 2. The number of rotatable bonds is 6. The van der Waals surface area contributed by atoms with E-state index in [1.54, 1.807) is 0 Å². The molecule has 1 aromatic heterocycles. The fourth-order valence-electron chi connectivity index (χ4n) is 2.72. The predicted molar refractivity (Wildman–Crippen MR) is 85.8 cm³/mol. The molecule has 0 aliphatic carbocycles. The van der Waals surface area contributed by atoms with Crippen molar-refractivity contribution in [3.05, 3.63) is 23.9 Å². The second-order valence-electron chi connectivity index (χ2n) is 5.94. The first-order chi connectivity index (χ1) is 11.4. The standard InChI is InChI=1S/C16H23F3N4O/c1-20-8-2-3-15(24)22-13-6-9-23(10-7-13)14-5-4-12(11-21-14)16(17,18)19/h4-5,11,13,20H,2-3,6-10H2,1H3,(H,22,24). The Morgan fingerprint density at radius 3 is 2.58 bits per heavy atom. The monoisotopic (exact) mass is 344 g/mol. The molecule has 1 aliphatic rings. The van der Waals surface area contributed by atoms with Crippen LogP contribution in [-0.4, -0.2) is 43.6 Å². The van der Waals surface area contributed by atoms with Crippen molar-refractivity contribution in [3.63, 3.8) is 0 Å². The molecule has 1 aromatic rings. The molecule has 24 heavy (non-hydrogen) atoms. The summed E-state index contributed by atoms with van der Waals surface area (Å²) in [5, 5.41) is 6.02. The van der Waals surface area contributed by atoms with Crippen molar-refractivity contribution in [2.75, 3.05) is 31.6 Å². The Hall–Kier alpha value is -1.83. The first-order valence-corrected chi connectivity index (χ1v) is 8.12. The summed E-state index contributed by atoms with van der Waals surface area (Å²) in [6.07, 6.45) is -0.666. The van der Waals surface area contributed by atoms with Gasteiger partial charge in [0.05, 0.1) is 5.56 Å². The molecule has 5 nitrogen and oxygen atoms in total. The number of carbonyl (C=O) groups excluding carboxylic acids is 1. The first kappa shape index (κ1) is 18.5. The second-order valence-corrected chi connectivity index (χ2v) is 5.94. The van der Waals surface area contributed by atoms with Gasteiger partial charge >= 0.3 is 6.18 Å². The van der Waals surface area contributed by atoms with E-state index in [0.29, 0.717) is 25.3 Å². The van der Waals surface area contributed by atoms with E-state index in [1.165, 1.54) is 6.07 Å². The molecule has 1 amide bonds. The minimum absolute atomic E-state index is 0.0522. The van der Waals surface area contributed by atoms with E-state index < -0.39 is 11.7 Å². The lowest BCUT2D eigenvalue weighted by molar-refractivity contribution is -0.137. The molecule has 0 radical (unpaired) electrons. The summed E-state index contributed by atoms with van der Waals surface area (Å²) in [5.41, 5.74) is -0.741. The van der Waals surface area contributed by atoms with E-state index in [4.69, 9.17) is 0 Å². The molecule has 1 saturated heterocycles. The number of carbonyl (C=O) groups is 1. The van der Waals surface area contributed by atoms with Crippen molar-refractivity contribution in [3.8, 4) is 0 Å². The summed E-state index contributed by atoms with van der Waals surface area (Å²) in [6.45, 7) is 2.14. The van der Waals surface area contributed by atoms with Crippen molar-refractivity contribution < 1.29 is 18.0 Å². The van der Waals surface area contributed by atoms with Gasteiger partial charge in [-0.25, -0.2) is 4.98 Å². The van der Waals surface area contributed by atoms with Gasteiger partial charge in [-0.1, -0.05) is 0 Å². The van der Waals surface area contributed by atoms with Crippen LogP contribution in [0.5, 0.6) is 0 Å². The summed E-state index contributed by atoms with van der Waals surface area (Å²) in [5.74, 6) is 0.596. The van der Waals surface area contributed by atoms with E-state index >= 15 is 0 Å². The van der Waals surface area contributed by atoms with Gasteiger partial charge in [0.2, 0.25) is 5.91 Å². The number of pyridine rings is 1. The molecule has 8 heteroatoms. The number of alkyl halides is 3. The fourth-order valence-corrected chi connectivity index (χ4v) is 2.72. The van der Waals surface area contributed by atoms with E-state index in [-0.39, 0.29) is 11.9 Å². The van der Waals surface area contributed by atoms with Gasteiger partial charge in [-0.3, -0.25) is 4.79 Å². The van der Waals surface area contributed by atoms with Gasteiger partial charge in [0.25, 0.3) is 0 Å². The van der Waals surface area contributed by atoms with Crippen LogP contribution < -0.4 is 15.5 Å². The molecule has 1 aliphatic heterocycles. The zero-order valence-electron chi connectivity index (χ0n) is 13.7. The lowest BCUT2D eigenvalue weighted by atomic mass is 10.0. The molecule has 2 rings (SSSR count). The number of halogens is 3. The third-order valence-corrected chi connectivity index (χ3v) is 4.09. The predicted octanol–water partition coefficient (Wildman–Crippen LogP) is 2.19. The Balaban J connectivity index is 1.79. The molecular weight excluding hydrogens is 321 g/mol. The van der Waals surface area contributed by atoms with E-state index in [0.717, 1.165) is 38.1 Å². The summed E-state index contributed by atoms with van der Waals surface area (Å²) in [4.78, 5) is 17.7. The van der Waals surface area contributed by atoms with Crippen LogP contribution in [0.3, 0.4) is 0 Å². The lowest BCUT2D eigenvalue weighted by Crippen LogP contribution is -2.45. The van der Waals surface area contributed by atoms with Crippen molar-refractivity contribution in [1.82, 2.24) is 15.6 Å². The van der Waals surface area contributed by atoms with Gasteiger partial charge in [0.15, 0.2) is 0 Å². The Kier molecular flexibility index (Phi) is 6.42. The van der Waals surface area contributed by atoms with Crippen molar-refractivity contribution in [1.29, 1.82) is 0 Å². The van der Waals surface area contributed by atoms with Crippen LogP contribution in [0.25, 0.3) is 0 Å². The Labute approximate surface area is 139 Å². The average Bonchev–Trinajstić information content (AvgIpc) is 2.55. The van der Waals surface area contributed by atoms with Crippen molar-refractivity contribution >= 4 is 11.7 Å². The minimum Gasteiger partial charge on any atom is -0.356 e. The molecule has 0 bridgehead atoms. The minimum atomic E-state index is -4.36. The SMILES string of the molecule is CNCCCC(=O)NC1CCN(c2ccc(C(F)(F)F)cn2)CC1. The number of hydrogen-bond acceptors (Lipinski definition) is 4. The zero-order chi connectivity index (χ0) is 17.6. The Morgan fingerprint density at radius 1 is 1.33 bits per heavy atom. The number of nitrogens with one attached hydrogen (secondary N) is 2. The maximum Gasteiger partial charge on any atom is 0.417 e. The van der Waals surface area contributed by atoms with Crippen LogP contribution in [0.4, 0.5) is 19.0 Å². The van der Waals surface area contributed by atoms with Gasteiger partial charge in [0.1, 0.15) is 5.82 Å². The van der Waals surface area contributed by atoms with Crippen LogP contribution >= 0.6 is 0 Å². The molecule has 2 heterocycles. The molecular formula is C16H23F3N4O. The number of piperidine rings is 1. The molecule has 134 valence electrons. The third kappa shape index (κ3) is 5.36. The highest BCUT2D eigenvalue weighted by Gasteiger charge is 2.31. The van der Waals surface area contributed by atoms with Gasteiger partial charge in [0, 0.05) is 31.7 Å². The van der Waals surface area contributed by atoms with E-state index in [9.17, 15) is 18.0 Å². The number of aromatic nitrogens is 1. The number of amides is 1. The summed E-state index contributed by atoms with van der Waals surface area (Å²) in [7, 11) is 1.85. The Morgan fingerprint density at radius 2 is 2.04 bits per heavy atom. The molecule has 0 aromatic carbocycles. The smallest absolute Gasteiger partial charge is 0.356 e. The molecule has 0 saturated carbocycles. The molecule has 0 unspecified atom stereocenters. The third-order valence-electron chi connectivity index (χ3n) is 4.09. The molecule has 2 N–H and O–H groups in total.